The summed E-state index contributed by atoms with van der Waals surface area (Å²) in [6, 6.07) is 7.17. The maximum atomic E-state index is 12.7. The van der Waals surface area contributed by atoms with Crippen molar-refractivity contribution in [3.05, 3.63) is 47.6 Å². The van der Waals surface area contributed by atoms with E-state index < -0.39 is 12.0 Å². The molecule has 0 aliphatic carbocycles. The van der Waals surface area contributed by atoms with E-state index in [1.165, 1.54) is 7.11 Å². The van der Waals surface area contributed by atoms with Crippen molar-refractivity contribution in [2.45, 2.75) is 12.5 Å². The minimum absolute atomic E-state index is 0.173. The predicted octanol–water partition coefficient (Wildman–Crippen LogP) is 1.65. The molecule has 8 nitrogen and oxygen atoms in total. The summed E-state index contributed by atoms with van der Waals surface area (Å²) in [5.74, 6) is -0.616. The van der Waals surface area contributed by atoms with Crippen molar-refractivity contribution in [1.82, 2.24) is 20.2 Å². The third kappa shape index (κ3) is 4.63. The second kappa shape index (κ2) is 9.27. The molecule has 1 aliphatic heterocycles. The number of thiazole rings is 1. The van der Waals surface area contributed by atoms with Gasteiger partial charge in [-0.2, -0.15) is 0 Å². The molecule has 0 radical (unpaired) electrons. The first-order chi connectivity index (χ1) is 14.6. The Morgan fingerprint density at radius 3 is 2.80 bits per heavy atom. The average molecular weight is 428 g/mol. The van der Waals surface area contributed by atoms with Gasteiger partial charge in [0, 0.05) is 61.3 Å². The fraction of sp³-hybridized carbons (Fsp3) is 0.381. The van der Waals surface area contributed by atoms with Gasteiger partial charge in [-0.3, -0.25) is 9.69 Å². The first-order valence-electron chi connectivity index (χ1n) is 9.93. The number of anilines is 1. The summed E-state index contributed by atoms with van der Waals surface area (Å²) in [4.78, 5) is 36.8. The molecule has 0 saturated carbocycles. The van der Waals surface area contributed by atoms with Gasteiger partial charge >= 0.3 is 5.97 Å². The number of benzene rings is 1. The number of nitrogens with zero attached hydrogens (tertiary/aromatic N) is 3. The number of hydrogen-bond acceptors (Lipinski definition) is 7. The standard InChI is InChI=1S/C21H25N5O3S/c1-29-20(28)18(12-15-13-23-17-5-3-2-4-16(15)17)24-19(27)14-25-7-9-26(10-8-25)21-22-6-11-30-21/h2-6,11,13,18,23H,7-10,12,14H2,1H3,(H,24,27)/t18-/m1/s1. The Balaban J connectivity index is 1.34. The van der Waals surface area contributed by atoms with Crippen LogP contribution in [0.5, 0.6) is 0 Å². The van der Waals surface area contributed by atoms with Crippen molar-refractivity contribution in [2.24, 2.45) is 0 Å². The fourth-order valence-electron chi connectivity index (χ4n) is 3.77. The van der Waals surface area contributed by atoms with Crippen LogP contribution in [0.4, 0.5) is 5.13 Å². The Morgan fingerprint density at radius 1 is 1.27 bits per heavy atom. The van der Waals surface area contributed by atoms with Gasteiger partial charge in [0.15, 0.2) is 5.13 Å². The van der Waals surface area contributed by atoms with E-state index in [9.17, 15) is 9.59 Å². The zero-order chi connectivity index (χ0) is 20.9. The summed E-state index contributed by atoms with van der Waals surface area (Å²) < 4.78 is 4.93. The van der Waals surface area contributed by atoms with Gasteiger partial charge in [-0.05, 0) is 11.6 Å². The second-order valence-corrected chi connectivity index (χ2v) is 8.16. The second-order valence-electron chi connectivity index (χ2n) is 7.28. The quantitative estimate of drug-likeness (QED) is 0.557. The summed E-state index contributed by atoms with van der Waals surface area (Å²) in [5.41, 5.74) is 1.97. The van der Waals surface area contributed by atoms with Gasteiger partial charge in [0.05, 0.1) is 13.7 Å². The number of methoxy groups -OCH3 is 1. The first-order valence-corrected chi connectivity index (χ1v) is 10.8. The molecule has 1 fully saturated rings. The molecule has 0 spiro atoms. The molecule has 0 bridgehead atoms. The van der Waals surface area contributed by atoms with Gasteiger partial charge in [-0.1, -0.05) is 18.2 Å². The van der Waals surface area contributed by atoms with Crippen LogP contribution in [0, 0.1) is 0 Å². The molecule has 158 valence electrons. The van der Waals surface area contributed by atoms with Gasteiger partial charge in [0.1, 0.15) is 6.04 Å². The molecule has 4 rings (SSSR count). The van der Waals surface area contributed by atoms with E-state index in [4.69, 9.17) is 4.74 Å². The Kier molecular flexibility index (Phi) is 6.29. The molecular formula is C21H25N5O3S. The van der Waals surface area contributed by atoms with Crippen LogP contribution in [0.25, 0.3) is 10.9 Å². The van der Waals surface area contributed by atoms with E-state index in [1.54, 1.807) is 17.5 Å². The van der Waals surface area contributed by atoms with Crippen molar-refractivity contribution >= 4 is 39.2 Å². The minimum Gasteiger partial charge on any atom is -0.467 e. The fourth-order valence-corrected chi connectivity index (χ4v) is 4.47. The number of esters is 1. The number of rotatable bonds is 7. The Bertz CT molecular complexity index is 995. The Hall–Kier alpha value is -2.91. The number of carbonyl (C=O) groups excluding carboxylic acids is 2. The summed E-state index contributed by atoms with van der Waals surface area (Å²) >= 11 is 1.62. The third-order valence-corrected chi connectivity index (χ3v) is 6.18. The highest BCUT2D eigenvalue weighted by atomic mass is 32.1. The zero-order valence-corrected chi connectivity index (χ0v) is 17.7. The molecule has 3 aromatic rings. The third-order valence-electron chi connectivity index (χ3n) is 5.35. The number of aromatic amines is 1. The number of hydrogen-bond donors (Lipinski definition) is 2. The molecule has 9 heteroatoms. The lowest BCUT2D eigenvalue weighted by Crippen LogP contribution is -2.52. The van der Waals surface area contributed by atoms with Crippen molar-refractivity contribution in [1.29, 1.82) is 0 Å². The summed E-state index contributed by atoms with van der Waals surface area (Å²) in [5, 5.41) is 6.89. The molecule has 3 heterocycles. The summed E-state index contributed by atoms with van der Waals surface area (Å²) in [6.45, 7) is 3.47. The molecule has 1 saturated heterocycles. The first kappa shape index (κ1) is 20.4. The van der Waals surface area contributed by atoms with Gasteiger partial charge < -0.3 is 19.9 Å². The Morgan fingerprint density at radius 2 is 2.07 bits per heavy atom. The van der Waals surface area contributed by atoms with Gasteiger partial charge in [-0.15, -0.1) is 11.3 Å². The van der Waals surface area contributed by atoms with Crippen LogP contribution in [-0.2, 0) is 20.7 Å². The van der Waals surface area contributed by atoms with Gasteiger partial charge in [0.2, 0.25) is 5.91 Å². The van der Waals surface area contributed by atoms with E-state index in [0.29, 0.717) is 6.42 Å². The van der Waals surface area contributed by atoms with E-state index in [0.717, 1.165) is 47.8 Å². The van der Waals surface area contributed by atoms with Crippen LogP contribution in [0.3, 0.4) is 0 Å². The number of fused-ring (bicyclic) bond motifs is 1. The molecule has 2 aromatic heterocycles. The predicted molar refractivity (Wildman–Crippen MR) is 117 cm³/mol. The van der Waals surface area contributed by atoms with Crippen LogP contribution < -0.4 is 10.2 Å². The SMILES string of the molecule is COC(=O)[C@@H](Cc1c[nH]c2ccccc12)NC(=O)CN1CCN(c2nccs2)CC1. The van der Waals surface area contributed by atoms with Crippen molar-refractivity contribution < 1.29 is 14.3 Å². The number of carbonyl (C=O) groups is 2. The monoisotopic (exact) mass is 427 g/mol. The summed E-state index contributed by atoms with van der Waals surface area (Å²) in [7, 11) is 1.34. The van der Waals surface area contributed by atoms with Crippen LogP contribution in [0.1, 0.15) is 5.56 Å². The highest BCUT2D eigenvalue weighted by Gasteiger charge is 2.25. The zero-order valence-electron chi connectivity index (χ0n) is 16.8. The van der Waals surface area contributed by atoms with E-state index in [1.807, 2.05) is 35.8 Å². The van der Waals surface area contributed by atoms with Crippen molar-refractivity contribution in [3.63, 3.8) is 0 Å². The maximum Gasteiger partial charge on any atom is 0.328 e. The van der Waals surface area contributed by atoms with Crippen LogP contribution in [0.15, 0.2) is 42.0 Å². The number of amides is 1. The number of ether oxygens (including phenoxy) is 1. The van der Waals surface area contributed by atoms with Crippen LogP contribution in [0.2, 0.25) is 0 Å². The van der Waals surface area contributed by atoms with Gasteiger partial charge in [-0.25, -0.2) is 9.78 Å². The number of para-hydroxylation sites is 1. The topological polar surface area (TPSA) is 90.6 Å². The van der Waals surface area contributed by atoms with Crippen LogP contribution >= 0.6 is 11.3 Å². The normalized spacial score (nSPS) is 15.8. The molecular weight excluding hydrogens is 402 g/mol. The smallest absolute Gasteiger partial charge is 0.328 e. The molecule has 30 heavy (non-hydrogen) atoms. The largest absolute Gasteiger partial charge is 0.467 e. The lowest BCUT2D eigenvalue weighted by atomic mass is 10.0. The lowest BCUT2D eigenvalue weighted by Gasteiger charge is -2.34. The van der Waals surface area contributed by atoms with Crippen molar-refractivity contribution in [3.8, 4) is 0 Å². The van der Waals surface area contributed by atoms with E-state index in [2.05, 4.69) is 25.1 Å². The lowest BCUT2D eigenvalue weighted by molar-refractivity contribution is -0.145. The number of aromatic nitrogens is 2. The number of nitrogens with one attached hydrogen (secondary N) is 2. The highest BCUT2D eigenvalue weighted by molar-refractivity contribution is 7.13. The van der Waals surface area contributed by atoms with E-state index in [-0.39, 0.29) is 12.5 Å². The maximum absolute atomic E-state index is 12.7. The molecule has 2 N–H and O–H groups in total. The molecule has 0 unspecified atom stereocenters. The van der Waals surface area contributed by atoms with E-state index >= 15 is 0 Å². The molecule has 1 amide bonds. The highest BCUT2D eigenvalue weighted by Crippen LogP contribution is 2.20. The Labute approximate surface area is 178 Å². The minimum atomic E-state index is -0.724. The summed E-state index contributed by atoms with van der Waals surface area (Å²) in [6.07, 6.45) is 4.06. The number of piperazine rings is 1. The average Bonchev–Trinajstić information content (AvgIpc) is 3.44. The molecule has 1 atom stereocenters. The van der Waals surface area contributed by atoms with Gasteiger partial charge in [0.25, 0.3) is 0 Å². The number of H-pyrrole nitrogens is 1. The van der Waals surface area contributed by atoms with Crippen molar-refractivity contribution in [2.75, 3.05) is 44.7 Å². The molecule has 1 aromatic carbocycles. The van der Waals surface area contributed by atoms with Crippen LogP contribution in [-0.4, -0.2) is 72.6 Å². The molecule has 1 aliphatic rings.